The van der Waals surface area contributed by atoms with Crippen LogP contribution in [0.5, 0.6) is 11.5 Å². The number of carbonyl (C=O) groups is 1. The van der Waals surface area contributed by atoms with Gasteiger partial charge in [-0.15, -0.1) is 13.2 Å². The van der Waals surface area contributed by atoms with Crippen LogP contribution in [0.3, 0.4) is 0 Å². The standard InChI is InChI=1S/C17H14F5NO3/c1-10-7-11(2)9-14(8-10)25-16(18,19)15(24)23-12-3-5-13(6-4-12)26-17(20,21)22/h3-9H,1-2H3,(H,23,24). The van der Waals surface area contributed by atoms with Crippen molar-refractivity contribution in [2.45, 2.75) is 26.3 Å². The second-order valence-corrected chi connectivity index (χ2v) is 5.47. The first-order chi connectivity index (χ1) is 11.9. The summed E-state index contributed by atoms with van der Waals surface area (Å²) in [6.07, 6.45) is -9.06. The number of carbonyl (C=O) groups excluding carboxylic acids is 1. The molecule has 0 spiro atoms. The molecule has 0 bridgehead atoms. The van der Waals surface area contributed by atoms with Crippen LogP contribution in [-0.4, -0.2) is 18.4 Å². The zero-order chi connectivity index (χ0) is 19.5. The Morgan fingerprint density at radius 3 is 1.88 bits per heavy atom. The molecule has 0 saturated heterocycles. The maximum Gasteiger partial charge on any atom is 0.573 e. The Labute approximate surface area is 145 Å². The number of nitrogens with one attached hydrogen (secondary N) is 1. The molecule has 2 rings (SSSR count). The molecule has 0 heterocycles. The molecule has 140 valence electrons. The van der Waals surface area contributed by atoms with Crippen LogP contribution in [0.2, 0.25) is 0 Å². The van der Waals surface area contributed by atoms with E-state index in [0.29, 0.717) is 11.1 Å². The van der Waals surface area contributed by atoms with Crippen LogP contribution in [0, 0.1) is 13.8 Å². The van der Waals surface area contributed by atoms with Gasteiger partial charge in [-0.2, -0.15) is 8.78 Å². The average molecular weight is 375 g/mol. The Balaban J connectivity index is 2.05. The number of anilines is 1. The highest BCUT2D eigenvalue weighted by molar-refractivity contribution is 5.95. The summed E-state index contributed by atoms with van der Waals surface area (Å²) in [4.78, 5) is 11.7. The van der Waals surface area contributed by atoms with Crippen LogP contribution < -0.4 is 14.8 Å². The van der Waals surface area contributed by atoms with Crippen LogP contribution >= 0.6 is 0 Å². The number of hydrogen-bond acceptors (Lipinski definition) is 3. The van der Waals surface area contributed by atoms with Gasteiger partial charge in [-0.05, 0) is 61.4 Å². The van der Waals surface area contributed by atoms with Gasteiger partial charge in [-0.3, -0.25) is 4.79 Å². The molecule has 0 aliphatic heterocycles. The molecule has 0 fully saturated rings. The highest BCUT2D eigenvalue weighted by Crippen LogP contribution is 2.27. The number of amides is 1. The fourth-order valence-corrected chi connectivity index (χ4v) is 2.13. The largest absolute Gasteiger partial charge is 0.573 e. The van der Waals surface area contributed by atoms with Crippen LogP contribution in [0.1, 0.15) is 11.1 Å². The van der Waals surface area contributed by atoms with Gasteiger partial charge >= 0.3 is 18.4 Å². The van der Waals surface area contributed by atoms with Gasteiger partial charge in [0.2, 0.25) is 0 Å². The van der Waals surface area contributed by atoms with E-state index in [1.807, 2.05) is 5.32 Å². The first kappa shape index (κ1) is 19.5. The normalized spacial score (nSPS) is 11.8. The third-order valence-electron chi connectivity index (χ3n) is 3.05. The number of benzene rings is 2. The summed E-state index contributed by atoms with van der Waals surface area (Å²) in [6, 6.07) is 8.18. The summed E-state index contributed by atoms with van der Waals surface area (Å²) in [5.41, 5.74) is 1.21. The quantitative estimate of drug-likeness (QED) is 0.763. The molecule has 0 aromatic heterocycles. The van der Waals surface area contributed by atoms with Crippen LogP contribution in [0.4, 0.5) is 27.6 Å². The van der Waals surface area contributed by atoms with Crippen molar-refractivity contribution in [3.63, 3.8) is 0 Å². The highest BCUT2D eigenvalue weighted by Gasteiger charge is 2.42. The fourth-order valence-electron chi connectivity index (χ4n) is 2.13. The fraction of sp³-hybridized carbons (Fsp3) is 0.235. The van der Waals surface area contributed by atoms with E-state index in [1.165, 1.54) is 12.1 Å². The lowest BCUT2D eigenvalue weighted by molar-refractivity contribution is -0.274. The van der Waals surface area contributed by atoms with Crippen molar-refractivity contribution < 1.29 is 36.2 Å². The molecule has 26 heavy (non-hydrogen) atoms. The van der Waals surface area contributed by atoms with Crippen molar-refractivity contribution >= 4 is 11.6 Å². The third kappa shape index (κ3) is 5.61. The van der Waals surface area contributed by atoms with E-state index >= 15 is 0 Å². The maximum absolute atomic E-state index is 13.9. The molecule has 2 aromatic carbocycles. The number of alkyl halides is 5. The van der Waals surface area contributed by atoms with E-state index in [-0.39, 0.29) is 11.4 Å². The Morgan fingerprint density at radius 2 is 1.38 bits per heavy atom. The van der Waals surface area contributed by atoms with Gasteiger partial charge < -0.3 is 14.8 Å². The molecule has 0 radical (unpaired) electrons. The molecule has 0 atom stereocenters. The first-order valence-electron chi connectivity index (χ1n) is 7.27. The molecule has 0 aliphatic carbocycles. The molecular weight excluding hydrogens is 361 g/mol. The van der Waals surface area contributed by atoms with Gasteiger partial charge in [0.1, 0.15) is 11.5 Å². The molecule has 1 amide bonds. The number of hydrogen-bond donors (Lipinski definition) is 1. The topological polar surface area (TPSA) is 47.6 Å². The van der Waals surface area contributed by atoms with E-state index in [4.69, 9.17) is 0 Å². The summed E-state index contributed by atoms with van der Waals surface area (Å²) in [5.74, 6) is -2.49. The second kappa shape index (κ2) is 7.19. The third-order valence-corrected chi connectivity index (χ3v) is 3.05. The van der Waals surface area contributed by atoms with Crippen molar-refractivity contribution in [2.75, 3.05) is 5.32 Å². The molecule has 0 saturated carbocycles. The lowest BCUT2D eigenvalue weighted by Crippen LogP contribution is -2.40. The van der Waals surface area contributed by atoms with E-state index in [0.717, 1.165) is 24.3 Å². The van der Waals surface area contributed by atoms with E-state index in [1.54, 1.807) is 19.9 Å². The molecule has 4 nitrogen and oxygen atoms in total. The minimum absolute atomic E-state index is 0.145. The maximum atomic E-state index is 13.9. The summed E-state index contributed by atoms with van der Waals surface area (Å²) < 4.78 is 72.2. The van der Waals surface area contributed by atoms with Crippen LogP contribution in [-0.2, 0) is 4.79 Å². The lowest BCUT2D eigenvalue weighted by atomic mass is 10.1. The monoisotopic (exact) mass is 375 g/mol. The Bertz CT molecular complexity index is 768. The summed E-state index contributed by atoms with van der Waals surface area (Å²) >= 11 is 0. The number of rotatable bonds is 5. The Hall–Kier alpha value is -2.84. The summed E-state index contributed by atoms with van der Waals surface area (Å²) in [7, 11) is 0. The van der Waals surface area contributed by atoms with E-state index < -0.39 is 24.1 Å². The number of halogens is 5. The predicted octanol–water partition coefficient (Wildman–Crippen LogP) is 4.81. The Morgan fingerprint density at radius 1 is 0.846 bits per heavy atom. The van der Waals surface area contributed by atoms with Gasteiger partial charge in [-0.25, -0.2) is 0 Å². The first-order valence-corrected chi connectivity index (χ1v) is 7.27. The molecule has 0 aliphatic rings. The molecular formula is C17H14F5NO3. The number of aryl methyl sites for hydroxylation is 2. The Kier molecular flexibility index (Phi) is 5.38. The smallest absolute Gasteiger partial charge is 0.425 e. The summed E-state index contributed by atoms with van der Waals surface area (Å²) in [5, 5.41) is 1.87. The SMILES string of the molecule is Cc1cc(C)cc(OC(F)(F)C(=O)Nc2ccc(OC(F)(F)F)cc2)c1. The van der Waals surface area contributed by atoms with E-state index in [2.05, 4.69) is 9.47 Å². The highest BCUT2D eigenvalue weighted by atomic mass is 19.4. The molecule has 1 N–H and O–H groups in total. The van der Waals surface area contributed by atoms with Gasteiger partial charge in [0.15, 0.2) is 0 Å². The van der Waals surface area contributed by atoms with Crippen LogP contribution in [0.15, 0.2) is 42.5 Å². The minimum atomic E-state index is -4.88. The zero-order valence-electron chi connectivity index (χ0n) is 13.7. The molecule has 9 heteroatoms. The van der Waals surface area contributed by atoms with Crippen LogP contribution in [0.25, 0.3) is 0 Å². The lowest BCUT2D eigenvalue weighted by Gasteiger charge is -2.18. The van der Waals surface area contributed by atoms with Crippen molar-refractivity contribution in [3.8, 4) is 11.5 Å². The minimum Gasteiger partial charge on any atom is -0.425 e. The average Bonchev–Trinajstić information content (AvgIpc) is 2.46. The molecule has 0 unspecified atom stereocenters. The summed E-state index contributed by atoms with van der Waals surface area (Å²) in [6.45, 7) is 3.37. The van der Waals surface area contributed by atoms with Crippen molar-refractivity contribution in [1.82, 2.24) is 0 Å². The second-order valence-electron chi connectivity index (χ2n) is 5.47. The predicted molar refractivity (Wildman–Crippen MR) is 83.2 cm³/mol. The van der Waals surface area contributed by atoms with Crippen molar-refractivity contribution in [1.29, 1.82) is 0 Å². The van der Waals surface area contributed by atoms with Crippen molar-refractivity contribution in [2.24, 2.45) is 0 Å². The van der Waals surface area contributed by atoms with Crippen molar-refractivity contribution in [3.05, 3.63) is 53.6 Å². The van der Waals surface area contributed by atoms with Gasteiger partial charge in [0, 0.05) is 5.69 Å². The van der Waals surface area contributed by atoms with Gasteiger partial charge in [-0.1, -0.05) is 6.07 Å². The van der Waals surface area contributed by atoms with E-state index in [9.17, 15) is 26.7 Å². The van der Waals surface area contributed by atoms with Gasteiger partial charge in [0.05, 0.1) is 0 Å². The number of ether oxygens (including phenoxy) is 2. The zero-order valence-corrected chi connectivity index (χ0v) is 13.7. The molecule has 2 aromatic rings. The van der Waals surface area contributed by atoms with Gasteiger partial charge in [0.25, 0.3) is 0 Å².